The molecule has 0 atom stereocenters. The van der Waals surface area contributed by atoms with Crippen LogP contribution < -0.4 is 14.6 Å². The predicted molar refractivity (Wildman–Crippen MR) is 95.8 cm³/mol. The maximum Gasteiger partial charge on any atom is 0.254 e. The molecule has 0 aromatic heterocycles. The van der Waals surface area contributed by atoms with Gasteiger partial charge in [-0.25, -0.2) is 13.6 Å². The van der Waals surface area contributed by atoms with Crippen molar-refractivity contribution < 1.29 is 22.7 Å². The number of primary sulfonamides is 1. The van der Waals surface area contributed by atoms with E-state index in [9.17, 15) is 13.2 Å². The Bertz CT molecular complexity index is 939. The highest BCUT2D eigenvalue weighted by atomic mass is 32.2. The van der Waals surface area contributed by atoms with Crippen LogP contribution in [0.2, 0.25) is 0 Å². The minimum absolute atomic E-state index is 0.0336. The summed E-state index contributed by atoms with van der Waals surface area (Å²) in [5.74, 6) is 0.781. The molecule has 1 heterocycles. The fraction of sp³-hybridized carbons (Fsp3) is 0.278. The number of nitrogens with two attached hydrogens (primary N) is 1. The number of ether oxygens (including phenoxy) is 2. The summed E-state index contributed by atoms with van der Waals surface area (Å²) in [7, 11) is -0.917. The Kier molecular flexibility index (Phi) is 4.88. The molecule has 0 bridgehead atoms. The Labute approximate surface area is 152 Å². The van der Waals surface area contributed by atoms with Gasteiger partial charge in [-0.3, -0.25) is 4.79 Å². The summed E-state index contributed by atoms with van der Waals surface area (Å²) < 4.78 is 33.7. The van der Waals surface area contributed by atoms with Gasteiger partial charge in [-0.1, -0.05) is 0 Å². The van der Waals surface area contributed by atoms with Gasteiger partial charge in [-0.05, 0) is 53.9 Å². The van der Waals surface area contributed by atoms with Gasteiger partial charge in [-0.2, -0.15) is 0 Å². The van der Waals surface area contributed by atoms with E-state index in [1.54, 1.807) is 48.4 Å². The van der Waals surface area contributed by atoms with Crippen LogP contribution in [0.25, 0.3) is 0 Å². The lowest BCUT2D eigenvalue weighted by Gasteiger charge is -2.29. The number of sulfonamides is 1. The molecule has 0 radical (unpaired) electrons. The zero-order chi connectivity index (χ0) is 18.9. The second-order valence-electron chi connectivity index (χ2n) is 6.02. The molecule has 7 nitrogen and oxygen atoms in total. The summed E-state index contributed by atoms with van der Waals surface area (Å²) in [5, 5.41) is 5.26. The monoisotopic (exact) mass is 376 g/mol. The maximum absolute atomic E-state index is 12.7. The van der Waals surface area contributed by atoms with Gasteiger partial charge in [0.05, 0.1) is 14.2 Å². The van der Waals surface area contributed by atoms with Gasteiger partial charge in [-0.15, -0.1) is 0 Å². The predicted octanol–water partition coefficient (Wildman–Crippen LogP) is 1.55. The first kappa shape index (κ1) is 18.2. The third-order valence-electron chi connectivity index (χ3n) is 4.43. The lowest BCUT2D eigenvalue weighted by Crippen LogP contribution is -2.36. The van der Waals surface area contributed by atoms with Crippen molar-refractivity contribution in [1.82, 2.24) is 4.90 Å². The third-order valence-corrected chi connectivity index (χ3v) is 5.36. The van der Waals surface area contributed by atoms with Gasteiger partial charge < -0.3 is 14.4 Å². The van der Waals surface area contributed by atoms with Crippen molar-refractivity contribution in [3.63, 3.8) is 0 Å². The van der Waals surface area contributed by atoms with Gasteiger partial charge in [0.25, 0.3) is 5.91 Å². The van der Waals surface area contributed by atoms with Crippen LogP contribution in [0.5, 0.6) is 11.5 Å². The number of methoxy groups -OCH3 is 2. The number of hydrogen-bond acceptors (Lipinski definition) is 5. The van der Waals surface area contributed by atoms with Crippen LogP contribution >= 0.6 is 0 Å². The van der Waals surface area contributed by atoms with Crippen molar-refractivity contribution in [2.75, 3.05) is 20.8 Å². The largest absolute Gasteiger partial charge is 0.497 e. The smallest absolute Gasteiger partial charge is 0.254 e. The van der Waals surface area contributed by atoms with Crippen molar-refractivity contribution >= 4 is 15.9 Å². The Hall–Kier alpha value is -2.58. The van der Waals surface area contributed by atoms with E-state index in [-0.39, 0.29) is 16.6 Å². The molecule has 3 rings (SSSR count). The van der Waals surface area contributed by atoms with E-state index in [0.717, 1.165) is 11.1 Å². The average Bonchev–Trinajstić information content (AvgIpc) is 2.65. The Balaban J connectivity index is 1.88. The Morgan fingerprint density at radius 2 is 1.77 bits per heavy atom. The number of rotatable bonds is 4. The van der Waals surface area contributed by atoms with Gasteiger partial charge in [0.2, 0.25) is 10.0 Å². The summed E-state index contributed by atoms with van der Waals surface area (Å²) in [5.41, 5.74) is 2.28. The Morgan fingerprint density at radius 3 is 2.35 bits per heavy atom. The minimum atomic E-state index is -3.88. The van der Waals surface area contributed by atoms with E-state index in [2.05, 4.69) is 0 Å². The highest BCUT2D eigenvalue weighted by molar-refractivity contribution is 7.89. The van der Waals surface area contributed by atoms with E-state index in [4.69, 9.17) is 14.6 Å². The van der Waals surface area contributed by atoms with Crippen LogP contribution in [0.1, 0.15) is 21.5 Å². The van der Waals surface area contributed by atoms with E-state index in [1.165, 1.54) is 7.11 Å². The second-order valence-corrected chi connectivity index (χ2v) is 7.55. The van der Waals surface area contributed by atoms with Crippen molar-refractivity contribution in [3.8, 4) is 11.5 Å². The number of carbonyl (C=O) groups excluding carboxylic acids is 1. The first-order valence-corrected chi connectivity index (χ1v) is 9.54. The summed E-state index contributed by atoms with van der Waals surface area (Å²) in [6, 6.07) is 10.1. The first-order chi connectivity index (χ1) is 12.3. The number of carbonyl (C=O) groups is 1. The highest BCUT2D eigenvalue weighted by Crippen LogP contribution is 2.31. The molecular formula is C18H20N2O5S. The molecule has 0 saturated heterocycles. The molecule has 0 spiro atoms. The molecule has 0 aliphatic carbocycles. The second kappa shape index (κ2) is 6.97. The lowest BCUT2D eigenvalue weighted by molar-refractivity contribution is 0.0734. The van der Waals surface area contributed by atoms with Crippen molar-refractivity contribution in [1.29, 1.82) is 0 Å². The number of fused-ring (bicyclic) bond motifs is 1. The third kappa shape index (κ3) is 3.51. The molecule has 1 aliphatic rings. The number of benzene rings is 2. The fourth-order valence-electron chi connectivity index (χ4n) is 3.04. The summed E-state index contributed by atoms with van der Waals surface area (Å²) in [4.78, 5) is 14.4. The number of hydrogen-bond donors (Lipinski definition) is 1. The van der Waals surface area contributed by atoms with Crippen molar-refractivity contribution in [3.05, 3.63) is 53.1 Å². The maximum atomic E-state index is 12.7. The minimum Gasteiger partial charge on any atom is -0.497 e. The van der Waals surface area contributed by atoms with Crippen LogP contribution in [-0.2, 0) is 23.0 Å². The van der Waals surface area contributed by atoms with Gasteiger partial charge >= 0.3 is 0 Å². The zero-order valence-electron chi connectivity index (χ0n) is 14.6. The summed E-state index contributed by atoms with van der Waals surface area (Å²) in [6.45, 7) is 0.871. The van der Waals surface area contributed by atoms with Crippen LogP contribution in [0.4, 0.5) is 0 Å². The lowest BCUT2D eigenvalue weighted by atomic mass is 9.98. The molecule has 1 aliphatic heterocycles. The van der Waals surface area contributed by atoms with E-state index < -0.39 is 10.0 Å². The number of amides is 1. The quantitative estimate of drug-likeness (QED) is 0.873. The molecule has 2 aromatic carbocycles. The molecular weight excluding hydrogens is 356 g/mol. The molecule has 1 amide bonds. The van der Waals surface area contributed by atoms with Crippen LogP contribution in [-0.4, -0.2) is 40.0 Å². The highest BCUT2D eigenvalue weighted by Gasteiger charge is 2.25. The molecule has 26 heavy (non-hydrogen) atoms. The van der Waals surface area contributed by atoms with E-state index >= 15 is 0 Å². The molecule has 2 aromatic rings. The molecule has 2 N–H and O–H groups in total. The van der Waals surface area contributed by atoms with Gasteiger partial charge in [0, 0.05) is 18.7 Å². The summed E-state index contributed by atoms with van der Waals surface area (Å²) in [6.07, 6.45) is 0.545. The topological polar surface area (TPSA) is 98.9 Å². The van der Waals surface area contributed by atoms with E-state index in [0.29, 0.717) is 30.8 Å². The molecule has 0 unspecified atom stereocenters. The van der Waals surface area contributed by atoms with E-state index in [1.807, 2.05) is 0 Å². The average molecular weight is 376 g/mol. The van der Waals surface area contributed by atoms with Crippen LogP contribution in [0.15, 0.2) is 41.3 Å². The zero-order valence-corrected chi connectivity index (χ0v) is 15.4. The SMILES string of the molecule is COc1ccc(C(=O)N2CCc3cc(S(N)(=O)=O)c(OC)cc3C2)cc1. The molecule has 0 fully saturated rings. The van der Waals surface area contributed by atoms with Crippen LogP contribution in [0.3, 0.4) is 0 Å². The number of nitrogens with zero attached hydrogens (tertiary/aromatic N) is 1. The van der Waals surface area contributed by atoms with Gasteiger partial charge in [0.1, 0.15) is 16.4 Å². The standard InChI is InChI=1S/C18H20N2O5S/c1-24-15-5-3-12(4-6-15)18(21)20-8-7-13-10-17(26(19,22)23)16(25-2)9-14(13)11-20/h3-6,9-10H,7-8,11H2,1-2H3,(H2,19,22,23). The van der Waals surface area contributed by atoms with Crippen molar-refractivity contribution in [2.45, 2.75) is 17.9 Å². The first-order valence-electron chi connectivity index (χ1n) is 7.99. The normalized spacial score (nSPS) is 13.9. The molecule has 0 saturated carbocycles. The molecule has 8 heteroatoms. The molecule has 138 valence electrons. The summed E-state index contributed by atoms with van der Waals surface area (Å²) >= 11 is 0. The van der Waals surface area contributed by atoms with Crippen molar-refractivity contribution in [2.24, 2.45) is 5.14 Å². The fourth-order valence-corrected chi connectivity index (χ4v) is 3.76. The Morgan fingerprint density at radius 1 is 1.08 bits per heavy atom. The van der Waals surface area contributed by atoms with Gasteiger partial charge in [0.15, 0.2) is 0 Å². The van der Waals surface area contributed by atoms with Crippen LogP contribution in [0, 0.1) is 0 Å².